The van der Waals surface area contributed by atoms with Crippen molar-refractivity contribution in [1.29, 1.82) is 5.26 Å². The van der Waals surface area contributed by atoms with Crippen LogP contribution in [0.2, 0.25) is 0 Å². The molecule has 0 aliphatic rings. The van der Waals surface area contributed by atoms with E-state index in [4.69, 9.17) is 19.6 Å². The number of hydrogen-bond acceptors (Lipinski definition) is 5. The number of ether oxygens (including phenoxy) is 2. The predicted molar refractivity (Wildman–Crippen MR) is 109 cm³/mol. The van der Waals surface area contributed by atoms with E-state index in [2.05, 4.69) is 34.1 Å². The number of rotatable bonds is 9. The van der Waals surface area contributed by atoms with E-state index in [0.29, 0.717) is 23.7 Å². The van der Waals surface area contributed by atoms with E-state index in [9.17, 15) is 0 Å². The molecule has 0 spiro atoms. The Morgan fingerprint density at radius 2 is 2.04 bits per heavy atom. The minimum atomic E-state index is 0.0866. The Bertz CT molecular complexity index is 831. The molecule has 27 heavy (non-hydrogen) atoms. The second-order valence-electron chi connectivity index (χ2n) is 5.88. The zero-order valence-corrected chi connectivity index (χ0v) is 17.3. The highest BCUT2D eigenvalue weighted by Crippen LogP contribution is 2.37. The normalized spacial score (nSPS) is 11.8. The Labute approximate surface area is 168 Å². The van der Waals surface area contributed by atoms with Crippen molar-refractivity contribution in [3.8, 4) is 17.6 Å². The Balaban J connectivity index is 2.11. The maximum Gasteiger partial charge on any atom is 0.175 e. The highest BCUT2D eigenvalue weighted by Gasteiger charge is 2.14. The first kappa shape index (κ1) is 20.8. The maximum absolute atomic E-state index is 9.10. The van der Waals surface area contributed by atoms with Gasteiger partial charge in [0.1, 0.15) is 6.61 Å². The van der Waals surface area contributed by atoms with Crippen LogP contribution in [0.3, 0.4) is 0 Å². The molecule has 6 heteroatoms. The summed E-state index contributed by atoms with van der Waals surface area (Å²) in [7, 11) is 0. The molecule has 0 saturated carbocycles. The molecule has 0 unspecified atom stereocenters. The molecule has 5 nitrogen and oxygen atoms in total. The second kappa shape index (κ2) is 10.6. The average molecular weight is 431 g/mol. The van der Waals surface area contributed by atoms with Crippen LogP contribution in [0.25, 0.3) is 0 Å². The van der Waals surface area contributed by atoms with E-state index in [1.807, 2.05) is 44.2 Å². The average Bonchev–Trinajstić information content (AvgIpc) is 2.68. The van der Waals surface area contributed by atoms with E-state index in [-0.39, 0.29) is 12.7 Å². The van der Waals surface area contributed by atoms with Crippen LogP contribution in [0, 0.1) is 11.3 Å². The number of hydrogen-bond donors (Lipinski definition) is 0. The van der Waals surface area contributed by atoms with Crippen LogP contribution in [0.5, 0.6) is 11.5 Å². The number of nitrogens with zero attached hydrogens (tertiary/aromatic N) is 2. The lowest BCUT2D eigenvalue weighted by atomic mass is 10.1. The zero-order valence-electron chi connectivity index (χ0n) is 15.7. The molecule has 0 aliphatic carbocycles. The summed E-state index contributed by atoms with van der Waals surface area (Å²) in [5.74, 6) is 1.34. The van der Waals surface area contributed by atoms with Gasteiger partial charge in [-0.2, -0.15) is 5.26 Å². The summed E-state index contributed by atoms with van der Waals surface area (Å²) in [5.41, 5.74) is 2.20. The summed E-state index contributed by atoms with van der Waals surface area (Å²) in [4.78, 5) is 5.35. The van der Waals surface area contributed by atoms with Gasteiger partial charge in [0.2, 0.25) is 0 Å². The number of benzene rings is 2. The fourth-order valence-electron chi connectivity index (χ4n) is 2.28. The fraction of sp³-hybridized carbons (Fsp3) is 0.333. The molecule has 0 amide bonds. The molecule has 1 atom stereocenters. The third kappa shape index (κ3) is 6.00. The van der Waals surface area contributed by atoms with E-state index < -0.39 is 0 Å². The topological polar surface area (TPSA) is 63.8 Å². The third-order valence-electron chi connectivity index (χ3n) is 3.86. The van der Waals surface area contributed by atoms with Gasteiger partial charge in [-0.25, -0.2) is 0 Å². The second-order valence-corrected chi connectivity index (χ2v) is 6.73. The Kier molecular flexibility index (Phi) is 8.15. The van der Waals surface area contributed by atoms with E-state index in [1.54, 1.807) is 12.3 Å². The van der Waals surface area contributed by atoms with E-state index in [1.165, 1.54) is 0 Å². The standard InChI is InChI=1S/C21H23BrN2O3/c1-4-15(3)27-21-19(22)10-16(11-20(21)25-5-2)13-24-26-14-18-9-7-6-8-17(18)12-23/h6-11,13,15H,4-5,14H2,1-3H3/b24-13-/t15-/m0/s1. The van der Waals surface area contributed by atoms with Crippen LogP contribution in [-0.2, 0) is 11.4 Å². The van der Waals surface area contributed by atoms with Crippen molar-refractivity contribution in [2.24, 2.45) is 5.16 Å². The van der Waals surface area contributed by atoms with E-state index in [0.717, 1.165) is 22.0 Å². The summed E-state index contributed by atoms with van der Waals surface area (Å²) < 4.78 is 12.5. The van der Waals surface area contributed by atoms with Gasteiger partial charge in [-0.05, 0) is 54.4 Å². The molecule has 142 valence electrons. The third-order valence-corrected chi connectivity index (χ3v) is 4.45. The fourth-order valence-corrected chi connectivity index (χ4v) is 2.84. The van der Waals surface area contributed by atoms with Crippen molar-refractivity contribution in [2.75, 3.05) is 6.61 Å². The van der Waals surface area contributed by atoms with Crippen LogP contribution in [0.1, 0.15) is 43.9 Å². The minimum Gasteiger partial charge on any atom is -0.490 e. The van der Waals surface area contributed by atoms with Crippen LogP contribution < -0.4 is 9.47 Å². The van der Waals surface area contributed by atoms with Gasteiger partial charge in [0.25, 0.3) is 0 Å². The van der Waals surface area contributed by atoms with Gasteiger partial charge in [-0.15, -0.1) is 0 Å². The summed E-state index contributed by atoms with van der Waals surface area (Å²) >= 11 is 3.55. The molecule has 0 bridgehead atoms. The summed E-state index contributed by atoms with van der Waals surface area (Å²) in [5, 5.41) is 13.1. The summed E-state index contributed by atoms with van der Waals surface area (Å²) in [6.07, 6.45) is 2.60. The van der Waals surface area contributed by atoms with E-state index >= 15 is 0 Å². The molecule has 0 aromatic heterocycles. The zero-order chi connectivity index (χ0) is 19.6. The van der Waals surface area contributed by atoms with Crippen LogP contribution in [0.4, 0.5) is 0 Å². The molecule has 2 rings (SSSR count). The molecule has 0 heterocycles. The molecular weight excluding hydrogens is 408 g/mol. The lowest BCUT2D eigenvalue weighted by molar-refractivity contribution is 0.132. The molecule has 0 aliphatic heterocycles. The number of halogens is 1. The molecule has 2 aromatic rings. The van der Waals surface area contributed by atoms with Crippen molar-refractivity contribution in [3.63, 3.8) is 0 Å². The van der Waals surface area contributed by atoms with Crippen LogP contribution in [-0.4, -0.2) is 18.9 Å². The van der Waals surface area contributed by atoms with Crippen molar-refractivity contribution >= 4 is 22.1 Å². The van der Waals surface area contributed by atoms with Crippen molar-refractivity contribution in [1.82, 2.24) is 0 Å². The van der Waals surface area contributed by atoms with Gasteiger partial charge in [-0.3, -0.25) is 0 Å². The lowest BCUT2D eigenvalue weighted by Crippen LogP contribution is -2.11. The Morgan fingerprint density at radius 3 is 2.74 bits per heavy atom. The lowest BCUT2D eigenvalue weighted by Gasteiger charge is -2.18. The molecular formula is C21H23BrN2O3. The summed E-state index contributed by atoms with van der Waals surface area (Å²) in [6.45, 7) is 6.78. The molecule has 2 aromatic carbocycles. The van der Waals surface area contributed by atoms with Gasteiger partial charge in [0, 0.05) is 11.1 Å². The Morgan fingerprint density at radius 1 is 1.26 bits per heavy atom. The number of nitriles is 1. The predicted octanol–water partition coefficient (Wildman–Crippen LogP) is 5.45. The van der Waals surface area contributed by atoms with Gasteiger partial charge in [0.15, 0.2) is 11.5 Å². The van der Waals surface area contributed by atoms with Crippen molar-refractivity contribution in [3.05, 3.63) is 57.6 Å². The first-order valence-electron chi connectivity index (χ1n) is 8.85. The Hall–Kier alpha value is -2.52. The minimum absolute atomic E-state index is 0.0866. The largest absolute Gasteiger partial charge is 0.490 e. The highest BCUT2D eigenvalue weighted by molar-refractivity contribution is 9.10. The number of oxime groups is 1. The van der Waals surface area contributed by atoms with Crippen molar-refractivity contribution in [2.45, 2.75) is 39.9 Å². The monoisotopic (exact) mass is 430 g/mol. The molecule has 0 saturated heterocycles. The first-order valence-corrected chi connectivity index (χ1v) is 9.64. The van der Waals surface area contributed by atoms with Crippen molar-refractivity contribution < 1.29 is 14.3 Å². The maximum atomic E-state index is 9.10. The van der Waals surface area contributed by atoms with Gasteiger partial charge in [-0.1, -0.05) is 30.3 Å². The first-order chi connectivity index (χ1) is 13.1. The molecule has 0 fully saturated rings. The smallest absolute Gasteiger partial charge is 0.175 e. The highest BCUT2D eigenvalue weighted by atomic mass is 79.9. The van der Waals surface area contributed by atoms with Gasteiger partial charge >= 0.3 is 0 Å². The van der Waals surface area contributed by atoms with Gasteiger partial charge < -0.3 is 14.3 Å². The van der Waals surface area contributed by atoms with Crippen LogP contribution >= 0.6 is 15.9 Å². The molecule has 0 radical (unpaired) electrons. The molecule has 0 N–H and O–H groups in total. The van der Waals surface area contributed by atoms with Gasteiger partial charge in [0.05, 0.1) is 35.0 Å². The quantitative estimate of drug-likeness (QED) is 0.391. The SMILES string of the molecule is CCOc1cc(/C=N\OCc2ccccc2C#N)cc(Br)c1O[C@@H](C)CC. The van der Waals surface area contributed by atoms with Crippen LogP contribution in [0.15, 0.2) is 46.0 Å². The summed E-state index contributed by atoms with van der Waals surface area (Å²) in [6, 6.07) is 13.2.